The highest BCUT2D eigenvalue weighted by Gasteiger charge is 2.31. The highest BCUT2D eigenvalue weighted by atomic mass is 15.0. The smallest absolute Gasteiger partial charge is 0.164 e. The molecule has 0 N–H and O–H groups in total. The number of benzene rings is 9. The van der Waals surface area contributed by atoms with Gasteiger partial charge in [-0.3, -0.25) is 4.98 Å². The maximum absolute atomic E-state index is 5.06. The third-order valence-corrected chi connectivity index (χ3v) is 12.2. The van der Waals surface area contributed by atoms with Crippen LogP contribution in [0.4, 0.5) is 0 Å². The first-order valence-electron chi connectivity index (χ1n) is 21.0. The monoisotopic (exact) mass is 788 g/mol. The first kappa shape index (κ1) is 35.6. The molecule has 2 heterocycles. The lowest BCUT2D eigenvalue weighted by Crippen LogP contribution is -2.00. The third-order valence-electron chi connectivity index (χ3n) is 12.2. The predicted octanol–water partition coefficient (Wildman–Crippen LogP) is 14.9. The lowest BCUT2D eigenvalue weighted by molar-refractivity contribution is 1.07. The number of hydrogen-bond donors (Lipinski definition) is 0. The van der Waals surface area contributed by atoms with E-state index in [-0.39, 0.29) is 0 Å². The number of nitrogens with zero attached hydrogens (tertiary/aromatic N) is 4. The van der Waals surface area contributed by atoms with Gasteiger partial charge in [-0.1, -0.05) is 200 Å². The molecule has 0 aliphatic heterocycles. The number of hydrogen-bond acceptors (Lipinski definition) is 4. The molecule has 4 heteroatoms. The minimum Gasteiger partial charge on any atom is -0.264 e. The zero-order valence-corrected chi connectivity index (χ0v) is 33.6. The van der Waals surface area contributed by atoms with Crippen molar-refractivity contribution in [2.45, 2.75) is 0 Å². The molecule has 1 aliphatic rings. The van der Waals surface area contributed by atoms with Crippen LogP contribution in [-0.2, 0) is 0 Å². The Morgan fingerprint density at radius 3 is 1.19 bits per heavy atom. The van der Waals surface area contributed by atoms with Crippen LogP contribution in [0.1, 0.15) is 0 Å². The van der Waals surface area contributed by atoms with Gasteiger partial charge in [0.25, 0.3) is 0 Å². The fourth-order valence-corrected chi connectivity index (χ4v) is 9.36. The predicted molar refractivity (Wildman–Crippen MR) is 255 cm³/mol. The van der Waals surface area contributed by atoms with E-state index in [0.29, 0.717) is 17.5 Å². The third kappa shape index (κ3) is 5.92. The summed E-state index contributed by atoms with van der Waals surface area (Å²) in [4.78, 5) is 19.4. The summed E-state index contributed by atoms with van der Waals surface area (Å²) in [5, 5.41) is 5.04. The van der Waals surface area contributed by atoms with Crippen LogP contribution in [0.25, 0.3) is 122 Å². The van der Waals surface area contributed by atoms with Crippen molar-refractivity contribution in [2.24, 2.45) is 0 Å². The molecule has 0 spiro atoms. The van der Waals surface area contributed by atoms with E-state index in [0.717, 1.165) is 33.4 Å². The van der Waals surface area contributed by atoms with E-state index < -0.39 is 0 Å². The largest absolute Gasteiger partial charge is 0.264 e. The second-order valence-corrected chi connectivity index (χ2v) is 15.7. The van der Waals surface area contributed by atoms with Gasteiger partial charge in [-0.25, -0.2) is 15.0 Å². The molecule has 0 atom stereocenters. The average Bonchev–Trinajstić information content (AvgIpc) is 3.69. The van der Waals surface area contributed by atoms with Crippen molar-refractivity contribution >= 4 is 21.5 Å². The van der Waals surface area contributed by atoms with Crippen molar-refractivity contribution < 1.29 is 0 Å². The SMILES string of the molecule is c1ccc(-c2nc(-c3ccc(-c4cccnc4)cc3)nc(-c3ccc(-c4ccc5c6c(cccc46)-c4c-5c(-c5ccccc5)c5ccccc5c4-c4ccccc4)cc3)n2)cc1. The van der Waals surface area contributed by atoms with Gasteiger partial charge < -0.3 is 0 Å². The van der Waals surface area contributed by atoms with Crippen molar-refractivity contribution in [3.63, 3.8) is 0 Å². The number of rotatable bonds is 7. The van der Waals surface area contributed by atoms with Crippen LogP contribution in [0.15, 0.2) is 219 Å². The number of aromatic nitrogens is 4. The average molecular weight is 789 g/mol. The molecule has 9 aromatic carbocycles. The lowest BCUT2D eigenvalue weighted by Gasteiger charge is -2.20. The van der Waals surface area contributed by atoms with Gasteiger partial charge in [-0.15, -0.1) is 0 Å². The van der Waals surface area contributed by atoms with E-state index in [1.807, 2.05) is 42.6 Å². The van der Waals surface area contributed by atoms with Crippen LogP contribution in [0.3, 0.4) is 0 Å². The zero-order valence-electron chi connectivity index (χ0n) is 33.6. The summed E-state index contributed by atoms with van der Waals surface area (Å²) >= 11 is 0. The van der Waals surface area contributed by atoms with Gasteiger partial charge in [-0.2, -0.15) is 0 Å². The van der Waals surface area contributed by atoms with Crippen LogP contribution in [0, 0.1) is 0 Å². The van der Waals surface area contributed by atoms with E-state index in [1.54, 1.807) is 6.20 Å². The second kappa shape index (κ2) is 14.7. The molecule has 2 aromatic heterocycles. The zero-order chi connectivity index (χ0) is 41.0. The molecule has 0 radical (unpaired) electrons. The highest BCUT2D eigenvalue weighted by Crippen LogP contribution is 2.58. The quantitative estimate of drug-likeness (QED) is 0.161. The van der Waals surface area contributed by atoms with Crippen molar-refractivity contribution in [2.75, 3.05) is 0 Å². The van der Waals surface area contributed by atoms with Gasteiger partial charge in [0.15, 0.2) is 17.5 Å². The molecule has 4 nitrogen and oxygen atoms in total. The molecule has 62 heavy (non-hydrogen) atoms. The Kier molecular flexibility index (Phi) is 8.46. The second-order valence-electron chi connectivity index (χ2n) is 15.7. The van der Waals surface area contributed by atoms with Gasteiger partial charge in [0.1, 0.15) is 0 Å². The van der Waals surface area contributed by atoms with E-state index in [9.17, 15) is 0 Å². The van der Waals surface area contributed by atoms with Crippen molar-refractivity contribution in [3.8, 4) is 101 Å². The molecule has 288 valence electrons. The Morgan fingerprint density at radius 2 is 0.661 bits per heavy atom. The van der Waals surface area contributed by atoms with E-state index in [2.05, 4.69) is 175 Å². The minimum absolute atomic E-state index is 0.625. The Balaban J connectivity index is 0.991. The highest BCUT2D eigenvalue weighted by molar-refractivity contribution is 6.28. The Labute approximate surface area is 359 Å². The first-order chi connectivity index (χ1) is 30.8. The molecule has 0 saturated heterocycles. The van der Waals surface area contributed by atoms with Crippen molar-refractivity contribution in [1.29, 1.82) is 0 Å². The van der Waals surface area contributed by atoms with Gasteiger partial charge in [0, 0.05) is 29.1 Å². The van der Waals surface area contributed by atoms with Crippen LogP contribution in [0.5, 0.6) is 0 Å². The van der Waals surface area contributed by atoms with Crippen LogP contribution in [0.2, 0.25) is 0 Å². The molecule has 1 aliphatic carbocycles. The van der Waals surface area contributed by atoms with Crippen molar-refractivity contribution in [3.05, 3.63) is 219 Å². The summed E-state index contributed by atoms with van der Waals surface area (Å²) in [5.74, 6) is 1.89. The van der Waals surface area contributed by atoms with Gasteiger partial charge in [0.05, 0.1) is 0 Å². The Bertz CT molecular complexity index is 3370. The summed E-state index contributed by atoms with van der Waals surface area (Å²) in [6.45, 7) is 0. The number of fused-ring (bicyclic) bond motifs is 4. The molecule has 0 amide bonds. The van der Waals surface area contributed by atoms with Crippen molar-refractivity contribution in [1.82, 2.24) is 19.9 Å². The van der Waals surface area contributed by atoms with Crippen LogP contribution >= 0.6 is 0 Å². The topological polar surface area (TPSA) is 51.6 Å². The standard InChI is InChI=1S/C58H36N4/c1-4-14-39(15-5-1)51-47-21-10-11-22-48(47)52(40-16-6-2-7-17-40)55-50-34-33-45(46-23-12-24-49(53(46)50)54(51)55)38-27-31-43(32-28-38)58-61-56(41-18-8-3-9-19-41)60-57(62-58)42-29-25-37(26-30-42)44-20-13-35-59-36-44/h1-36H. The molecule has 12 rings (SSSR count). The fraction of sp³-hybridized carbons (Fsp3) is 0. The maximum Gasteiger partial charge on any atom is 0.164 e. The fourth-order valence-electron chi connectivity index (χ4n) is 9.36. The molecule has 0 fully saturated rings. The normalized spacial score (nSPS) is 11.5. The number of pyridine rings is 1. The first-order valence-corrected chi connectivity index (χ1v) is 21.0. The van der Waals surface area contributed by atoms with Crippen LogP contribution < -0.4 is 0 Å². The molecular formula is C58H36N4. The van der Waals surface area contributed by atoms with Crippen LogP contribution in [-0.4, -0.2) is 19.9 Å². The summed E-state index contributed by atoms with van der Waals surface area (Å²) in [6, 6.07) is 73.3. The molecule has 0 saturated carbocycles. The van der Waals surface area contributed by atoms with E-state index >= 15 is 0 Å². The molecular weight excluding hydrogens is 753 g/mol. The lowest BCUT2D eigenvalue weighted by atomic mass is 9.82. The molecule has 0 bridgehead atoms. The molecule has 0 unspecified atom stereocenters. The molecule has 11 aromatic rings. The minimum atomic E-state index is 0.625. The summed E-state index contributed by atoms with van der Waals surface area (Å²) in [7, 11) is 0. The van der Waals surface area contributed by atoms with Gasteiger partial charge in [0.2, 0.25) is 0 Å². The summed E-state index contributed by atoms with van der Waals surface area (Å²) < 4.78 is 0. The summed E-state index contributed by atoms with van der Waals surface area (Å²) in [5.41, 5.74) is 17.4. The summed E-state index contributed by atoms with van der Waals surface area (Å²) in [6.07, 6.45) is 3.67. The van der Waals surface area contributed by atoms with Gasteiger partial charge >= 0.3 is 0 Å². The van der Waals surface area contributed by atoms with E-state index in [4.69, 9.17) is 15.0 Å². The van der Waals surface area contributed by atoms with Gasteiger partial charge in [-0.05, 0) is 94.4 Å². The maximum atomic E-state index is 5.06. The Hall–Kier alpha value is -8.34. The van der Waals surface area contributed by atoms with E-state index in [1.165, 1.54) is 71.6 Å². The Morgan fingerprint density at radius 1 is 0.242 bits per heavy atom.